The average Bonchev–Trinajstić information content (AvgIpc) is 2.14. The molecular formula is C10H9F3O2S. The summed E-state index contributed by atoms with van der Waals surface area (Å²) < 4.78 is 58.6. The van der Waals surface area contributed by atoms with E-state index in [4.69, 9.17) is 0 Å². The Balaban J connectivity index is 3.03. The van der Waals surface area contributed by atoms with Gasteiger partial charge in [-0.1, -0.05) is 24.8 Å². The largest absolute Gasteiger partial charge is 0.403 e. The average molecular weight is 250 g/mol. The third-order valence-corrected chi connectivity index (χ3v) is 3.53. The van der Waals surface area contributed by atoms with Crippen molar-refractivity contribution >= 4 is 15.9 Å². The van der Waals surface area contributed by atoms with Crippen LogP contribution in [0, 0.1) is 0 Å². The van der Waals surface area contributed by atoms with Crippen LogP contribution in [-0.2, 0) is 9.84 Å². The highest BCUT2D eigenvalue weighted by atomic mass is 32.2. The van der Waals surface area contributed by atoms with Crippen molar-refractivity contribution < 1.29 is 21.6 Å². The molecule has 0 N–H and O–H groups in total. The highest BCUT2D eigenvalue weighted by Crippen LogP contribution is 2.22. The van der Waals surface area contributed by atoms with Crippen LogP contribution in [0.1, 0.15) is 5.56 Å². The summed E-state index contributed by atoms with van der Waals surface area (Å²) in [5.74, 6) is -1.84. The maximum absolute atomic E-state index is 12.0. The third kappa shape index (κ3) is 3.37. The Morgan fingerprint density at radius 1 is 1.19 bits per heavy atom. The van der Waals surface area contributed by atoms with Crippen LogP contribution in [0.3, 0.4) is 0 Å². The molecule has 0 unspecified atom stereocenters. The van der Waals surface area contributed by atoms with Crippen molar-refractivity contribution in [1.29, 1.82) is 0 Å². The third-order valence-electron chi connectivity index (χ3n) is 1.83. The van der Waals surface area contributed by atoms with Gasteiger partial charge in [0.1, 0.15) is 0 Å². The molecule has 0 spiro atoms. The first-order valence-electron chi connectivity index (χ1n) is 4.26. The van der Waals surface area contributed by atoms with Gasteiger partial charge in [-0.15, -0.1) is 0 Å². The molecule has 88 valence electrons. The molecule has 1 aromatic rings. The van der Waals surface area contributed by atoms with Gasteiger partial charge in [-0.3, -0.25) is 0 Å². The van der Waals surface area contributed by atoms with E-state index in [1.165, 1.54) is 18.2 Å². The number of hydrogen-bond donors (Lipinski definition) is 0. The smallest absolute Gasteiger partial charge is 0.223 e. The van der Waals surface area contributed by atoms with Gasteiger partial charge in [0.15, 0.2) is 15.6 Å². The zero-order valence-electron chi connectivity index (χ0n) is 8.16. The van der Waals surface area contributed by atoms with E-state index in [2.05, 4.69) is 6.58 Å². The number of alkyl halides is 3. The minimum absolute atomic E-state index is 0.338. The Kier molecular flexibility index (Phi) is 3.42. The molecule has 2 nitrogen and oxygen atoms in total. The van der Waals surface area contributed by atoms with E-state index >= 15 is 0 Å². The van der Waals surface area contributed by atoms with Crippen molar-refractivity contribution in [2.75, 3.05) is 5.75 Å². The van der Waals surface area contributed by atoms with Crippen molar-refractivity contribution in [3.8, 4) is 0 Å². The lowest BCUT2D eigenvalue weighted by atomic mass is 10.2. The van der Waals surface area contributed by atoms with E-state index in [0.717, 1.165) is 12.1 Å². The summed E-state index contributed by atoms with van der Waals surface area (Å²) in [5, 5.41) is 0. The molecule has 0 radical (unpaired) electrons. The van der Waals surface area contributed by atoms with Gasteiger partial charge in [-0.05, 0) is 17.7 Å². The molecule has 1 rings (SSSR count). The van der Waals surface area contributed by atoms with E-state index in [0.29, 0.717) is 5.56 Å². The molecule has 6 heteroatoms. The first-order chi connectivity index (χ1) is 7.24. The first-order valence-corrected chi connectivity index (χ1v) is 5.92. The topological polar surface area (TPSA) is 34.1 Å². The van der Waals surface area contributed by atoms with Crippen molar-refractivity contribution in [1.82, 2.24) is 0 Å². The van der Waals surface area contributed by atoms with Gasteiger partial charge in [-0.25, -0.2) is 8.42 Å². The fraction of sp³-hybridized carbons (Fsp3) is 0.200. The van der Waals surface area contributed by atoms with Gasteiger partial charge in [-0.2, -0.15) is 13.2 Å². The molecule has 0 aliphatic carbocycles. The standard InChI is InChI=1S/C10H9F3O2S/c1-2-8-3-5-9(6-4-8)16(14,15)7-10(11,12)13/h2-6H,1,7H2. The Hall–Kier alpha value is -1.30. The van der Waals surface area contributed by atoms with Crippen LogP contribution in [0.5, 0.6) is 0 Å². The molecule has 0 saturated carbocycles. The lowest BCUT2D eigenvalue weighted by Gasteiger charge is -2.07. The van der Waals surface area contributed by atoms with E-state index in [1.54, 1.807) is 0 Å². The summed E-state index contributed by atoms with van der Waals surface area (Å²) in [7, 11) is -4.30. The van der Waals surface area contributed by atoms with E-state index in [9.17, 15) is 21.6 Å². The summed E-state index contributed by atoms with van der Waals surface area (Å²) in [6.07, 6.45) is -3.25. The summed E-state index contributed by atoms with van der Waals surface area (Å²) in [5.41, 5.74) is 0.644. The molecule has 0 atom stereocenters. The Morgan fingerprint density at radius 2 is 1.69 bits per heavy atom. The van der Waals surface area contributed by atoms with Crippen LogP contribution in [0.25, 0.3) is 6.08 Å². The fourth-order valence-corrected chi connectivity index (χ4v) is 2.26. The zero-order valence-corrected chi connectivity index (χ0v) is 8.98. The molecule has 0 aromatic heterocycles. The first kappa shape index (κ1) is 12.8. The van der Waals surface area contributed by atoms with Crippen LogP contribution >= 0.6 is 0 Å². The van der Waals surface area contributed by atoms with Gasteiger partial charge < -0.3 is 0 Å². The number of sulfone groups is 1. The van der Waals surface area contributed by atoms with Crippen molar-refractivity contribution in [3.05, 3.63) is 36.4 Å². The number of halogens is 3. The second kappa shape index (κ2) is 4.29. The number of benzene rings is 1. The van der Waals surface area contributed by atoms with Gasteiger partial charge in [0.05, 0.1) is 4.90 Å². The van der Waals surface area contributed by atoms with Crippen LogP contribution in [0.2, 0.25) is 0 Å². The van der Waals surface area contributed by atoms with Crippen LogP contribution in [0.4, 0.5) is 13.2 Å². The summed E-state index contributed by atoms with van der Waals surface area (Å²) in [6.45, 7) is 3.45. The highest BCUT2D eigenvalue weighted by Gasteiger charge is 2.35. The quantitative estimate of drug-likeness (QED) is 0.826. The molecule has 0 bridgehead atoms. The Bertz CT molecular complexity index is 472. The van der Waals surface area contributed by atoms with E-state index < -0.39 is 21.8 Å². The van der Waals surface area contributed by atoms with Crippen molar-refractivity contribution in [2.24, 2.45) is 0 Å². The molecule has 1 aromatic carbocycles. The lowest BCUT2D eigenvalue weighted by molar-refractivity contribution is -0.106. The predicted octanol–water partition coefficient (Wildman–Crippen LogP) is 2.67. The monoisotopic (exact) mass is 250 g/mol. The number of hydrogen-bond acceptors (Lipinski definition) is 2. The van der Waals surface area contributed by atoms with Crippen molar-refractivity contribution in [3.63, 3.8) is 0 Å². The highest BCUT2D eigenvalue weighted by molar-refractivity contribution is 7.91. The molecule has 16 heavy (non-hydrogen) atoms. The summed E-state index contributed by atoms with van der Waals surface area (Å²) in [4.78, 5) is -0.338. The van der Waals surface area contributed by atoms with Crippen molar-refractivity contribution in [2.45, 2.75) is 11.1 Å². The van der Waals surface area contributed by atoms with Gasteiger partial charge in [0.2, 0.25) is 0 Å². The molecule has 0 heterocycles. The minimum atomic E-state index is -4.73. The number of rotatable bonds is 3. The molecule has 0 aliphatic heterocycles. The maximum Gasteiger partial charge on any atom is 0.403 e. The second-order valence-electron chi connectivity index (χ2n) is 3.15. The molecule has 0 fully saturated rings. The summed E-state index contributed by atoms with van der Waals surface area (Å²) in [6, 6.07) is 5.07. The zero-order chi connectivity index (χ0) is 12.4. The van der Waals surface area contributed by atoms with Crippen LogP contribution in [0.15, 0.2) is 35.7 Å². The van der Waals surface area contributed by atoms with Crippen LogP contribution in [-0.4, -0.2) is 20.3 Å². The molecule has 0 aliphatic rings. The SMILES string of the molecule is C=Cc1ccc(S(=O)(=O)CC(F)(F)F)cc1. The molecule has 0 amide bonds. The van der Waals surface area contributed by atoms with Gasteiger partial charge in [0.25, 0.3) is 0 Å². The molecular weight excluding hydrogens is 241 g/mol. The lowest BCUT2D eigenvalue weighted by Crippen LogP contribution is -2.22. The minimum Gasteiger partial charge on any atom is -0.223 e. The van der Waals surface area contributed by atoms with E-state index in [1.807, 2.05) is 0 Å². The van der Waals surface area contributed by atoms with Gasteiger partial charge >= 0.3 is 6.18 Å². The molecule has 0 saturated heterocycles. The summed E-state index contributed by atoms with van der Waals surface area (Å²) >= 11 is 0. The fourth-order valence-electron chi connectivity index (χ4n) is 1.11. The second-order valence-corrected chi connectivity index (χ2v) is 5.14. The maximum atomic E-state index is 12.0. The van der Waals surface area contributed by atoms with Crippen LogP contribution < -0.4 is 0 Å². The Morgan fingerprint density at radius 3 is 2.06 bits per heavy atom. The van der Waals surface area contributed by atoms with E-state index in [-0.39, 0.29) is 4.90 Å². The predicted molar refractivity (Wildman–Crippen MR) is 54.6 cm³/mol. The normalized spacial score (nSPS) is 12.4. The Labute approximate surface area is 91.3 Å². The van der Waals surface area contributed by atoms with Gasteiger partial charge in [0, 0.05) is 0 Å².